The van der Waals surface area contributed by atoms with Crippen molar-refractivity contribution in [3.8, 4) is 0 Å². The molecular formula is C20H33IN6. The number of aromatic nitrogens is 2. The first kappa shape index (κ1) is 23.4. The number of benzene rings is 1. The highest BCUT2D eigenvalue weighted by Gasteiger charge is 2.13. The van der Waals surface area contributed by atoms with Crippen molar-refractivity contribution in [2.45, 2.75) is 32.9 Å². The number of guanidine groups is 1. The third kappa shape index (κ3) is 8.30. The molecule has 0 bridgehead atoms. The van der Waals surface area contributed by atoms with Gasteiger partial charge in [-0.3, -0.25) is 9.67 Å². The number of hydrogen-bond acceptors (Lipinski definition) is 3. The van der Waals surface area contributed by atoms with Gasteiger partial charge in [0.05, 0.1) is 12.6 Å². The highest BCUT2D eigenvalue weighted by molar-refractivity contribution is 14.0. The van der Waals surface area contributed by atoms with Gasteiger partial charge in [-0.2, -0.15) is 5.10 Å². The maximum absolute atomic E-state index is 4.80. The van der Waals surface area contributed by atoms with Crippen molar-refractivity contribution in [1.82, 2.24) is 25.3 Å². The van der Waals surface area contributed by atoms with Crippen molar-refractivity contribution in [3.63, 3.8) is 0 Å². The lowest BCUT2D eigenvalue weighted by molar-refractivity contribution is 0.306. The molecule has 1 unspecified atom stereocenters. The van der Waals surface area contributed by atoms with Crippen molar-refractivity contribution >= 4 is 29.9 Å². The summed E-state index contributed by atoms with van der Waals surface area (Å²) >= 11 is 0. The number of halogens is 1. The molecule has 6 nitrogen and oxygen atoms in total. The summed E-state index contributed by atoms with van der Waals surface area (Å²) < 4.78 is 1.95. The zero-order valence-corrected chi connectivity index (χ0v) is 19.2. The van der Waals surface area contributed by atoms with E-state index in [9.17, 15) is 0 Å². The third-order valence-corrected chi connectivity index (χ3v) is 4.27. The van der Waals surface area contributed by atoms with Crippen LogP contribution in [-0.2, 0) is 6.54 Å². The van der Waals surface area contributed by atoms with E-state index in [0.717, 1.165) is 32.0 Å². The summed E-state index contributed by atoms with van der Waals surface area (Å²) in [5.41, 5.74) is 2.57. The summed E-state index contributed by atoms with van der Waals surface area (Å²) in [6.07, 6.45) is 4.80. The van der Waals surface area contributed by atoms with Gasteiger partial charge in [0.1, 0.15) is 0 Å². The fraction of sp³-hybridized carbons (Fsp3) is 0.500. The maximum atomic E-state index is 4.80. The molecule has 0 aliphatic rings. The van der Waals surface area contributed by atoms with Crippen LogP contribution < -0.4 is 10.6 Å². The molecule has 150 valence electrons. The van der Waals surface area contributed by atoms with Crippen LogP contribution in [0.1, 0.15) is 30.5 Å². The molecule has 0 saturated carbocycles. The molecule has 0 aliphatic carbocycles. The Morgan fingerprint density at radius 1 is 1.22 bits per heavy atom. The van der Waals surface area contributed by atoms with E-state index in [1.165, 1.54) is 11.1 Å². The Labute approximate surface area is 180 Å². The summed E-state index contributed by atoms with van der Waals surface area (Å²) in [6, 6.07) is 10.9. The van der Waals surface area contributed by atoms with Gasteiger partial charge in [-0.15, -0.1) is 24.0 Å². The number of hydrogen-bond donors (Lipinski definition) is 2. The first-order valence-corrected chi connectivity index (χ1v) is 9.32. The van der Waals surface area contributed by atoms with Crippen molar-refractivity contribution in [2.24, 2.45) is 4.99 Å². The number of aliphatic imine (C=N–C) groups is 1. The van der Waals surface area contributed by atoms with Crippen LogP contribution in [-0.4, -0.2) is 54.4 Å². The van der Waals surface area contributed by atoms with Crippen LogP contribution in [0.15, 0.2) is 47.7 Å². The molecule has 0 spiro atoms. The van der Waals surface area contributed by atoms with Crippen LogP contribution in [0, 0.1) is 6.92 Å². The average Bonchev–Trinajstić information content (AvgIpc) is 3.13. The Bertz CT molecular complexity index is 652. The van der Waals surface area contributed by atoms with E-state index in [1.807, 2.05) is 23.1 Å². The predicted octanol–water partition coefficient (Wildman–Crippen LogP) is 3.06. The fourth-order valence-corrected chi connectivity index (χ4v) is 2.76. The topological polar surface area (TPSA) is 57.5 Å². The molecule has 0 saturated heterocycles. The second-order valence-electron chi connectivity index (χ2n) is 6.66. The van der Waals surface area contributed by atoms with Crippen LogP contribution in [0.25, 0.3) is 0 Å². The molecule has 27 heavy (non-hydrogen) atoms. The lowest BCUT2D eigenvalue weighted by Crippen LogP contribution is -2.38. The second-order valence-corrected chi connectivity index (χ2v) is 6.66. The van der Waals surface area contributed by atoms with Gasteiger partial charge in [-0.1, -0.05) is 29.8 Å². The number of rotatable bonds is 9. The van der Waals surface area contributed by atoms with Crippen LogP contribution in [0.4, 0.5) is 0 Å². The minimum Gasteiger partial charge on any atom is -0.357 e. The summed E-state index contributed by atoms with van der Waals surface area (Å²) in [5, 5.41) is 11.0. The molecule has 0 fully saturated rings. The third-order valence-electron chi connectivity index (χ3n) is 4.27. The summed E-state index contributed by atoms with van der Waals surface area (Å²) in [4.78, 5) is 7.02. The van der Waals surface area contributed by atoms with Gasteiger partial charge < -0.3 is 15.5 Å². The van der Waals surface area contributed by atoms with Gasteiger partial charge in [-0.25, -0.2) is 0 Å². The van der Waals surface area contributed by atoms with Gasteiger partial charge in [0, 0.05) is 32.0 Å². The SMILES string of the molecule is CCNC(=NCC(c1ccc(C)cc1)N(C)C)NCCCn1cccn1.I. The van der Waals surface area contributed by atoms with E-state index in [0.29, 0.717) is 6.54 Å². The number of nitrogens with zero attached hydrogens (tertiary/aromatic N) is 4. The van der Waals surface area contributed by atoms with Crippen LogP contribution in [0.5, 0.6) is 0 Å². The Kier molecular flexibility index (Phi) is 11.0. The zero-order chi connectivity index (χ0) is 18.8. The molecule has 2 rings (SSSR count). The van der Waals surface area contributed by atoms with Gasteiger partial charge in [0.15, 0.2) is 5.96 Å². The highest BCUT2D eigenvalue weighted by atomic mass is 127. The first-order valence-electron chi connectivity index (χ1n) is 9.32. The average molecular weight is 484 g/mol. The Hall–Kier alpha value is -1.61. The molecule has 1 aromatic heterocycles. The van der Waals surface area contributed by atoms with Crippen LogP contribution >= 0.6 is 24.0 Å². The Morgan fingerprint density at radius 2 is 1.96 bits per heavy atom. The van der Waals surface area contributed by atoms with E-state index in [4.69, 9.17) is 4.99 Å². The molecule has 1 aromatic carbocycles. The van der Waals surface area contributed by atoms with Gasteiger partial charge in [0.25, 0.3) is 0 Å². The van der Waals surface area contributed by atoms with E-state index >= 15 is 0 Å². The van der Waals surface area contributed by atoms with Gasteiger partial charge >= 0.3 is 0 Å². The minimum atomic E-state index is 0. The molecule has 0 aliphatic heterocycles. The maximum Gasteiger partial charge on any atom is 0.191 e. The molecular weight excluding hydrogens is 451 g/mol. The predicted molar refractivity (Wildman–Crippen MR) is 124 cm³/mol. The largest absolute Gasteiger partial charge is 0.357 e. The highest BCUT2D eigenvalue weighted by Crippen LogP contribution is 2.19. The number of aryl methyl sites for hydroxylation is 2. The molecule has 1 atom stereocenters. The van der Waals surface area contributed by atoms with E-state index in [2.05, 4.69) is 72.8 Å². The normalized spacial score (nSPS) is 12.6. The molecule has 0 amide bonds. The van der Waals surface area contributed by atoms with Crippen molar-refractivity contribution < 1.29 is 0 Å². The Morgan fingerprint density at radius 3 is 2.56 bits per heavy atom. The summed E-state index contributed by atoms with van der Waals surface area (Å²) in [5.74, 6) is 0.868. The summed E-state index contributed by atoms with van der Waals surface area (Å²) in [6.45, 7) is 7.53. The fourth-order valence-electron chi connectivity index (χ4n) is 2.76. The van der Waals surface area contributed by atoms with E-state index in [-0.39, 0.29) is 30.0 Å². The monoisotopic (exact) mass is 484 g/mol. The standard InChI is InChI=1S/C20H32N6.HI/c1-5-21-20(22-12-6-14-26-15-7-13-24-26)23-16-19(25(3)4)18-10-8-17(2)9-11-18;/h7-11,13,15,19H,5-6,12,14,16H2,1-4H3,(H2,21,22,23);1H. The molecule has 1 heterocycles. The zero-order valence-electron chi connectivity index (χ0n) is 16.9. The lowest BCUT2D eigenvalue weighted by Gasteiger charge is -2.24. The smallest absolute Gasteiger partial charge is 0.191 e. The van der Waals surface area contributed by atoms with E-state index in [1.54, 1.807) is 0 Å². The van der Waals surface area contributed by atoms with Crippen molar-refractivity contribution in [2.75, 3.05) is 33.7 Å². The lowest BCUT2D eigenvalue weighted by atomic mass is 10.0. The van der Waals surface area contributed by atoms with Crippen molar-refractivity contribution in [3.05, 3.63) is 53.9 Å². The van der Waals surface area contributed by atoms with E-state index < -0.39 is 0 Å². The number of likely N-dealkylation sites (N-methyl/N-ethyl adjacent to an activating group) is 1. The Balaban J connectivity index is 0.00000364. The number of nitrogens with one attached hydrogen (secondary N) is 2. The van der Waals surface area contributed by atoms with Crippen LogP contribution in [0.3, 0.4) is 0 Å². The molecule has 7 heteroatoms. The molecule has 0 radical (unpaired) electrons. The van der Waals surface area contributed by atoms with Crippen LogP contribution in [0.2, 0.25) is 0 Å². The first-order chi connectivity index (χ1) is 12.6. The second kappa shape index (κ2) is 12.7. The molecule has 2 N–H and O–H groups in total. The van der Waals surface area contributed by atoms with Gasteiger partial charge in [0.2, 0.25) is 0 Å². The van der Waals surface area contributed by atoms with Crippen molar-refractivity contribution in [1.29, 1.82) is 0 Å². The van der Waals surface area contributed by atoms with Gasteiger partial charge in [-0.05, 0) is 46.0 Å². The summed E-state index contributed by atoms with van der Waals surface area (Å²) in [7, 11) is 4.20. The quantitative estimate of drug-likeness (QED) is 0.249. The molecule has 2 aromatic rings. The minimum absolute atomic E-state index is 0.